The first kappa shape index (κ1) is 17.3. The fourth-order valence-corrected chi connectivity index (χ4v) is 6.05. The van der Waals surface area contributed by atoms with Crippen molar-refractivity contribution in [3.8, 4) is 0 Å². The van der Waals surface area contributed by atoms with Gasteiger partial charge >= 0.3 is 0 Å². The molecule has 0 bridgehead atoms. The smallest absolute Gasteiger partial charge is 0.250 e. The molecule has 1 fully saturated rings. The zero-order valence-electron chi connectivity index (χ0n) is 12.6. The highest BCUT2D eigenvalue weighted by Gasteiger charge is 2.23. The molecule has 1 aliphatic rings. The van der Waals surface area contributed by atoms with Crippen molar-refractivity contribution in [2.45, 2.75) is 49.4 Å². The van der Waals surface area contributed by atoms with Crippen molar-refractivity contribution in [2.75, 3.05) is 18.1 Å². The molecule has 120 valence electrons. The van der Waals surface area contributed by atoms with Crippen LogP contribution in [0.2, 0.25) is 0 Å². The van der Waals surface area contributed by atoms with Crippen LogP contribution in [-0.4, -0.2) is 38.6 Å². The van der Waals surface area contributed by atoms with Crippen molar-refractivity contribution in [3.05, 3.63) is 17.0 Å². The van der Waals surface area contributed by atoms with Crippen molar-refractivity contribution < 1.29 is 8.42 Å². The third-order valence-corrected chi connectivity index (χ3v) is 7.68. The van der Waals surface area contributed by atoms with Crippen LogP contribution in [0.4, 0.5) is 0 Å². The van der Waals surface area contributed by atoms with Crippen LogP contribution in [0.15, 0.2) is 16.3 Å². The molecule has 1 unspecified atom stereocenters. The molecule has 0 amide bonds. The first-order valence-corrected chi connectivity index (χ1v) is 10.8. The Morgan fingerprint density at radius 1 is 1.38 bits per heavy atom. The Bertz CT molecular complexity index is 534. The summed E-state index contributed by atoms with van der Waals surface area (Å²) in [5, 5.41) is 3.35. The van der Waals surface area contributed by atoms with Crippen LogP contribution in [0.3, 0.4) is 0 Å². The van der Waals surface area contributed by atoms with Gasteiger partial charge in [0, 0.05) is 29.3 Å². The Morgan fingerprint density at radius 2 is 2.19 bits per heavy atom. The van der Waals surface area contributed by atoms with Crippen molar-refractivity contribution >= 4 is 33.1 Å². The van der Waals surface area contributed by atoms with E-state index in [1.54, 1.807) is 6.07 Å². The van der Waals surface area contributed by atoms with Gasteiger partial charge < -0.3 is 5.32 Å². The number of thioether (sulfide) groups is 1. The molecule has 7 heteroatoms. The van der Waals surface area contributed by atoms with Crippen LogP contribution in [0.1, 0.15) is 31.6 Å². The zero-order valence-corrected chi connectivity index (χ0v) is 15.0. The van der Waals surface area contributed by atoms with Crippen molar-refractivity contribution in [1.29, 1.82) is 0 Å². The molecule has 1 saturated heterocycles. The average molecular weight is 349 g/mol. The Hall–Kier alpha value is -0.0800. The maximum atomic E-state index is 12.4. The van der Waals surface area contributed by atoms with Crippen LogP contribution < -0.4 is 10.0 Å². The Kier molecular flexibility index (Phi) is 6.55. The molecular weight excluding hydrogens is 324 g/mol. The summed E-state index contributed by atoms with van der Waals surface area (Å²) < 4.78 is 28.0. The molecule has 1 aromatic heterocycles. The summed E-state index contributed by atoms with van der Waals surface area (Å²) in [7, 11) is -3.35. The molecule has 0 aliphatic carbocycles. The molecule has 2 heterocycles. The highest BCUT2D eigenvalue weighted by atomic mass is 32.2. The molecule has 0 spiro atoms. The standard InChI is InChI=1S/C14H24N2O2S3/c1-11(2)15-8-7-13-5-6-14(20-13)21(17,18)16-12-4-3-9-19-10-12/h5-6,11-12,15-16H,3-4,7-10H2,1-2H3. The number of nitrogens with one attached hydrogen (secondary N) is 2. The van der Waals surface area contributed by atoms with Gasteiger partial charge in [-0.25, -0.2) is 13.1 Å². The maximum Gasteiger partial charge on any atom is 0.250 e. The third kappa shape index (κ3) is 5.56. The van der Waals surface area contributed by atoms with Gasteiger partial charge in [-0.2, -0.15) is 11.8 Å². The number of thiophene rings is 1. The molecule has 1 aliphatic heterocycles. The lowest BCUT2D eigenvalue weighted by Gasteiger charge is -2.21. The predicted octanol–water partition coefficient (Wildman–Crippen LogP) is 2.46. The van der Waals surface area contributed by atoms with Gasteiger partial charge in [0.1, 0.15) is 4.21 Å². The van der Waals surface area contributed by atoms with Gasteiger partial charge in [0.25, 0.3) is 0 Å². The number of hydrogen-bond donors (Lipinski definition) is 2. The van der Waals surface area contributed by atoms with Crippen LogP contribution in [0.25, 0.3) is 0 Å². The molecule has 21 heavy (non-hydrogen) atoms. The largest absolute Gasteiger partial charge is 0.314 e. The Morgan fingerprint density at radius 3 is 2.86 bits per heavy atom. The Labute approximate surface area is 136 Å². The van der Waals surface area contributed by atoms with Crippen LogP contribution in [0, 0.1) is 0 Å². The lowest BCUT2D eigenvalue weighted by Crippen LogP contribution is -2.37. The Balaban J connectivity index is 1.92. The fourth-order valence-electron chi connectivity index (χ4n) is 2.23. The quantitative estimate of drug-likeness (QED) is 0.795. The van der Waals surface area contributed by atoms with Crippen LogP contribution >= 0.6 is 23.1 Å². The summed E-state index contributed by atoms with van der Waals surface area (Å²) in [4.78, 5) is 1.11. The highest BCUT2D eigenvalue weighted by molar-refractivity contribution is 7.99. The second-order valence-electron chi connectivity index (χ2n) is 5.61. The lowest BCUT2D eigenvalue weighted by atomic mass is 10.2. The highest BCUT2D eigenvalue weighted by Crippen LogP contribution is 2.24. The predicted molar refractivity (Wildman–Crippen MR) is 91.8 cm³/mol. The number of hydrogen-bond acceptors (Lipinski definition) is 5. The van der Waals surface area contributed by atoms with Gasteiger partial charge in [-0.15, -0.1) is 11.3 Å². The van der Waals surface area contributed by atoms with E-state index in [9.17, 15) is 8.42 Å². The molecule has 0 aromatic carbocycles. The number of rotatable bonds is 7. The first-order chi connectivity index (χ1) is 9.97. The molecule has 1 aromatic rings. The van der Waals surface area contributed by atoms with E-state index in [0.717, 1.165) is 42.2 Å². The summed E-state index contributed by atoms with van der Waals surface area (Å²) in [6, 6.07) is 4.20. The zero-order chi connectivity index (χ0) is 15.3. The van der Waals surface area contributed by atoms with E-state index in [0.29, 0.717) is 10.3 Å². The van der Waals surface area contributed by atoms with Gasteiger partial charge in [0.2, 0.25) is 10.0 Å². The molecule has 4 nitrogen and oxygen atoms in total. The van der Waals surface area contributed by atoms with E-state index in [1.807, 2.05) is 17.8 Å². The van der Waals surface area contributed by atoms with E-state index in [-0.39, 0.29) is 6.04 Å². The van der Waals surface area contributed by atoms with Crippen molar-refractivity contribution in [2.24, 2.45) is 0 Å². The van der Waals surface area contributed by atoms with E-state index in [4.69, 9.17) is 0 Å². The fraction of sp³-hybridized carbons (Fsp3) is 0.714. The van der Waals surface area contributed by atoms with Crippen molar-refractivity contribution in [1.82, 2.24) is 10.0 Å². The monoisotopic (exact) mass is 348 g/mol. The van der Waals surface area contributed by atoms with Gasteiger partial charge in [0.15, 0.2) is 0 Å². The summed E-state index contributed by atoms with van der Waals surface area (Å²) >= 11 is 3.21. The van der Waals surface area contributed by atoms with Gasteiger partial charge in [-0.3, -0.25) is 0 Å². The SMILES string of the molecule is CC(C)NCCc1ccc(S(=O)(=O)NC2CCCSC2)s1. The first-order valence-electron chi connectivity index (χ1n) is 7.39. The normalized spacial score (nSPS) is 20.0. The molecule has 2 rings (SSSR count). The maximum absolute atomic E-state index is 12.4. The summed E-state index contributed by atoms with van der Waals surface area (Å²) in [5.41, 5.74) is 0. The minimum atomic E-state index is -3.35. The summed E-state index contributed by atoms with van der Waals surface area (Å²) in [6.45, 7) is 5.09. The van der Waals surface area contributed by atoms with Gasteiger partial charge in [0.05, 0.1) is 0 Å². The van der Waals surface area contributed by atoms with Gasteiger partial charge in [-0.1, -0.05) is 13.8 Å². The second-order valence-corrected chi connectivity index (χ2v) is 9.87. The van der Waals surface area contributed by atoms with E-state index >= 15 is 0 Å². The average Bonchev–Trinajstić information content (AvgIpc) is 2.88. The van der Waals surface area contributed by atoms with Crippen LogP contribution in [-0.2, 0) is 16.4 Å². The second kappa shape index (κ2) is 7.97. The van der Waals surface area contributed by atoms with Crippen molar-refractivity contribution in [3.63, 3.8) is 0 Å². The minimum Gasteiger partial charge on any atom is -0.314 e. The number of sulfonamides is 1. The van der Waals surface area contributed by atoms with E-state index in [1.165, 1.54) is 11.3 Å². The summed E-state index contributed by atoms with van der Waals surface area (Å²) in [6.07, 6.45) is 2.91. The van der Waals surface area contributed by atoms with E-state index < -0.39 is 10.0 Å². The lowest BCUT2D eigenvalue weighted by molar-refractivity contribution is 0.545. The van der Waals surface area contributed by atoms with Gasteiger partial charge in [-0.05, 0) is 37.1 Å². The molecule has 0 saturated carbocycles. The minimum absolute atomic E-state index is 0.0851. The molecule has 1 atom stereocenters. The summed E-state index contributed by atoms with van der Waals surface area (Å²) in [5.74, 6) is 2.03. The molecular formula is C14H24N2O2S3. The topological polar surface area (TPSA) is 58.2 Å². The van der Waals surface area contributed by atoms with Crippen LogP contribution in [0.5, 0.6) is 0 Å². The molecule has 2 N–H and O–H groups in total. The molecule has 0 radical (unpaired) electrons. The van der Waals surface area contributed by atoms with E-state index in [2.05, 4.69) is 23.9 Å². The third-order valence-electron chi connectivity index (χ3n) is 3.31.